The summed E-state index contributed by atoms with van der Waals surface area (Å²) < 4.78 is 109. The molecule has 2 rings (SSSR count). The van der Waals surface area contributed by atoms with Crippen LogP contribution in [0, 0.1) is 5.92 Å². The van der Waals surface area contributed by atoms with Gasteiger partial charge in [0.05, 0.1) is 16.0 Å². The highest BCUT2D eigenvalue weighted by molar-refractivity contribution is 7.90. The fourth-order valence-corrected chi connectivity index (χ4v) is 4.31. The van der Waals surface area contributed by atoms with Gasteiger partial charge >= 0.3 is 18.4 Å². The lowest BCUT2D eigenvalue weighted by Gasteiger charge is -2.33. The van der Waals surface area contributed by atoms with Crippen molar-refractivity contribution >= 4 is 22.0 Å². The Kier molecular flexibility index (Phi) is 7.85. The summed E-state index contributed by atoms with van der Waals surface area (Å²) in [5, 5.41) is 0. The first-order valence-electron chi connectivity index (χ1n) is 10.1. The van der Waals surface area contributed by atoms with Crippen LogP contribution in [0.25, 0.3) is 0 Å². The smallest absolute Gasteiger partial charge is 0.416 e. The molecule has 1 saturated heterocycles. The number of sulfonamides is 1. The molecule has 192 valence electrons. The summed E-state index contributed by atoms with van der Waals surface area (Å²) in [7, 11) is -5.00. The Balaban J connectivity index is 2.07. The van der Waals surface area contributed by atoms with Crippen molar-refractivity contribution in [3.05, 3.63) is 29.3 Å². The molecule has 2 amide bonds. The number of hydrogen-bond donors (Lipinski definition) is 1. The number of alkyl halides is 6. The zero-order valence-electron chi connectivity index (χ0n) is 18.5. The largest absolute Gasteiger partial charge is 0.444 e. The molecule has 1 N–H and O–H groups in total. The van der Waals surface area contributed by atoms with E-state index in [4.69, 9.17) is 4.74 Å². The third kappa shape index (κ3) is 7.77. The fourth-order valence-electron chi connectivity index (χ4n) is 3.24. The molecular formula is C20H24F6N2O5S. The van der Waals surface area contributed by atoms with Gasteiger partial charge < -0.3 is 9.64 Å². The summed E-state index contributed by atoms with van der Waals surface area (Å²) in [6.07, 6.45) is -10.7. The van der Waals surface area contributed by atoms with Crippen molar-refractivity contribution in [1.82, 2.24) is 9.62 Å². The number of amides is 2. The Morgan fingerprint density at radius 3 is 1.85 bits per heavy atom. The fraction of sp³-hybridized carbons (Fsp3) is 0.600. The van der Waals surface area contributed by atoms with Gasteiger partial charge in [-0.15, -0.1) is 0 Å². The lowest BCUT2D eigenvalue weighted by Crippen LogP contribution is -2.42. The van der Waals surface area contributed by atoms with Gasteiger partial charge in [-0.05, 0) is 57.7 Å². The van der Waals surface area contributed by atoms with Crippen LogP contribution in [0.15, 0.2) is 23.1 Å². The molecule has 0 radical (unpaired) electrons. The number of likely N-dealkylation sites (tertiary alicyclic amines) is 1. The van der Waals surface area contributed by atoms with Crippen molar-refractivity contribution in [3.8, 4) is 0 Å². The molecule has 1 aliphatic heterocycles. The van der Waals surface area contributed by atoms with E-state index in [0.29, 0.717) is 12.8 Å². The first-order chi connectivity index (χ1) is 15.3. The molecule has 0 unspecified atom stereocenters. The quantitative estimate of drug-likeness (QED) is 0.590. The van der Waals surface area contributed by atoms with Gasteiger partial charge in [0.1, 0.15) is 5.60 Å². The van der Waals surface area contributed by atoms with Crippen molar-refractivity contribution in [2.24, 2.45) is 5.92 Å². The molecule has 7 nitrogen and oxygen atoms in total. The Hall–Kier alpha value is -2.51. The topological polar surface area (TPSA) is 92.8 Å². The average Bonchev–Trinajstić information content (AvgIpc) is 2.65. The Labute approximate surface area is 192 Å². The van der Waals surface area contributed by atoms with Crippen molar-refractivity contribution in [1.29, 1.82) is 0 Å². The summed E-state index contributed by atoms with van der Waals surface area (Å²) in [4.78, 5) is 24.4. The van der Waals surface area contributed by atoms with Crippen molar-refractivity contribution < 1.29 is 49.1 Å². The first kappa shape index (κ1) is 27.7. The van der Waals surface area contributed by atoms with Crippen LogP contribution in [0.1, 0.15) is 51.2 Å². The van der Waals surface area contributed by atoms with Gasteiger partial charge in [0.2, 0.25) is 5.91 Å². The van der Waals surface area contributed by atoms with Gasteiger partial charge in [0.15, 0.2) is 0 Å². The molecule has 14 heteroatoms. The van der Waals surface area contributed by atoms with E-state index in [2.05, 4.69) is 0 Å². The predicted molar refractivity (Wildman–Crippen MR) is 107 cm³/mol. The van der Waals surface area contributed by atoms with E-state index in [1.807, 2.05) is 0 Å². The molecule has 1 heterocycles. The highest BCUT2D eigenvalue weighted by Crippen LogP contribution is 2.37. The van der Waals surface area contributed by atoms with Crippen LogP contribution >= 0.6 is 0 Å². The molecule has 0 aromatic heterocycles. The molecule has 1 fully saturated rings. The van der Waals surface area contributed by atoms with Gasteiger partial charge in [0, 0.05) is 19.5 Å². The number of carbonyl (C=O) groups is 2. The number of carbonyl (C=O) groups excluding carboxylic acids is 2. The Morgan fingerprint density at radius 2 is 1.44 bits per heavy atom. The maximum absolute atomic E-state index is 13.0. The van der Waals surface area contributed by atoms with Crippen LogP contribution in [0.5, 0.6) is 0 Å². The van der Waals surface area contributed by atoms with E-state index in [1.165, 1.54) is 9.62 Å². The van der Waals surface area contributed by atoms with E-state index < -0.39 is 56.0 Å². The number of benzene rings is 1. The number of nitrogens with zero attached hydrogens (tertiary/aromatic N) is 1. The molecule has 1 aromatic carbocycles. The molecule has 34 heavy (non-hydrogen) atoms. The SMILES string of the molecule is CC(C)(C)OC(=O)N1CCC(CC(=O)NS(=O)(=O)c2cc(C(F)(F)F)cc(C(F)(F)F)c2)CC1. The predicted octanol–water partition coefficient (Wildman–Crippen LogP) is 4.57. The Bertz CT molecular complexity index is 991. The number of ether oxygens (including phenoxy) is 1. The average molecular weight is 518 g/mol. The van der Waals surface area contributed by atoms with Crippen LogP contribution in [-0.4, -0.2) is 44.0 Å². The molecule has 0 bridgehead atoms. The summed E-state index contributed by atoms with van der Waals surface area (Å²) in [5.41, 5.74) is -4.33. The standard InChI is InChI=1S/C20H24F6N2O5S/c1-18(2,3)33-17(30)28-6-4-12(5-7-28)8-16(29)27-34(31,32)15-10-13(19(21,22)23)9-14(11-15)20(24,25)26/h9-12H,4-8H2,1-3H3,(H,27,29). The second-order valence-electron chi connectivity index (χ2n) is 8.89. The van der Waals surface area contributed by atoms with Gasteiger partial charge in [-0.25, -0.2) is 17.9 Å². The highest BCUT2D eigenvalue weighted by Gasteiger charge is 2.38. The molecular weight excluding hydrogens is 494 g/mol. The van der Waals surface area contributed by atoms with E-state index in [-0.39, 0.29) is 43.6 Å². The normalized spacial score (nSPS) is 16.3. The maximum Gasteiger partial charge on any atom is 0.416 e. The van der Waals surface area contributed by atoms with Gasteiger partial charge in [-0.2, -0.15) is 26.3 Å². The minimum atomic E-state index is -5.24. The number of rotatable bonds is 4. The third-order valence-corrected chi connectivity index (χ3v) is 6.21. The first-order valence-corrected chi connectivity index (χ1v) is 11.6. The minimum absolute atomic E-state index is 0.0319. The van der Waals surface area contributed by atoms with Crippen molar-refractivity contribution in [3.63, 3.8) is 0 Å². The minimum Gasteiger partial charge on any atom is -0.444 e. The second-order valence-corrected chi connectivity index (χ2v) is 10.6. The molecule has 1 aliphatic rings. The Morgan fingerprint density at radius 1 is 0.971 bits per heavy atom. The maximum atomic E-state index is 13.0. The van der Waals surface area contributed by atoms with Crippen molar-refractivity contribution in [2.45, 2.75) is 62.9 Å². The van der Waals surface area contributed by atoms with E-state index in [9.17, 15) is 44.3 Å². The van der Waals surface area contributed by atoms with E-state index in [1.54, 1.807) is 20.8 Å². The van der Waals surface area contributed by atoms with Gasteiger partial charge in [-0.1, -0.05) is 0 Å². The molecule has 0 atom stereocenters. The van der Waals surface area contributed by atoms with Crippen LogP contribution in [-0.2, 0) is 31.9 Å². The van der Waals surface area contributed by atoms with Crippen molar-refractivity contribution in [2.75, 3.05) is 13.1 Å². The van der Waals surface area contributed by atoms with Crippen LogP contribution < -0.4 is 4.72 Å². The van der Waals surface area contributed by atoms with Crippen LogP contribution in [0.4, 0.5) is 31.1 Å². The summed E-state index contributed by atoms with van der Waals surface area (Å²) in [5.74, 6) is -1.43. The summed E-state index contributed by atoms with van der Waals surface area (Å²) in [6.45, 7) is 5.57. The monoisotopic (exact) mass is 518 g/mol. The van der Waals surface area contributed by atoms with E-state index in [0.717, 1.165) is 0 Å². The zero-order chi connectivity index (χ0) is 26.1. The summed E-state index contributed by atoms with van der Waals surface area (Å²) in [6, 6.07) is -0.145. The highest BCUT2D eigenvalue weighted by atomic mass is 32.2. The number of hydrogen-bond acceptors (Lipinski definition) is 5. The lowest BCUT2D eigenvalue weighted by molar-refractivity contribution is -0.143. The number of nitrogens with one attached hydrogen (secondary N) is 1. The third-order valence-electron chi connectivity index (χ3n) is 4.86. The molecule has 0 spiro atoms. The van der Waals surface area contributed by atoms with Crippen LogP contribution in [0.2, 0.25) is 0 Å². The zero-order valence-corrected chi connectivity index (χ0v) is 19.3. The summed E-state index contributed by atoms with van der Waals surface area (Å²) >= 11 is 0. The van der Waals surface area contributed by atoms with Gasteiger partial charge in [0.25, 0.3) is 10.0 Å². The second kappa shape index (κ2) is 9.62. The van der Waals surface area contributed by atoms with Crippen LogP contribution in [0.3, 0.4) is 0 Å². The molecule has 0 saturated carbocycles. The molecule has 1 aromatic rings. The molecule has 0 aliphatic carbocycles. The van der Waals surface area contributed by atoms with E-state index >= 15 is 0 Å². The number of piperidine rings is 1. The number of halogens is 6. The lowest BCUT2D eigenvalue weighted by atomic mass is 9.93. The van der Waals surface area contributed by atoms with Gasteiger partial charge in [-0.3, -0.25) is 4.79 Å².